The minimum Gasteiger partial charge on any atom is -0.459 e. The molecule has 1 spiro atoms. The molecule has 1 aromatic heterocycles. The first-order chi connectivity index (χ1) is 26.8. The number of para-hydroxylation sites is 1. The Morgan fingerprint density at radius 2 is 0.963 bits per heavy atom. The smallest absolute Gasteiger partial charge is 0.152 e. The number of hydrogen-bond donors (Lipinski definition) is 0. The van der Waals surface area contributed by atoms with Gasteiger partial charge in [-0.25, -0.2) is 0 Å². The molecule has 2 heterocycles. The van der Waals surface area contributed by atoms with E-state index in [1.165, 1.54) is 38.9 Å². The summed E-state index contributed by atoms with van der Waals surface area (Å²) in [6.07, 6.45) is 0. The van der Waals surface area contributed by atoms with Gasteiger partial charge < -0.3 is 14.1 Å². The lowest BCUT2D eigenvalue weighted by molar-refractivity contribution is 0.477. The van der Waals surface area contributed by atoms with E-state index in [-0.39, 0.29) is 0 Å². The SMILES string of the molecule is c1ccc(-c2ccc3c(c2)Oc2cc(-c4ccccc4)ccc2N3c2ccc3c(c2)C2(c4ccccc4-c4ccccc42)c2oc4ccccc4c2-3)cc1. The quantitative estimate of drug-likeness (QED) is 0.185. The summed E-state index contributed by atoms with van der Waals surface area (Å²) in [6, 6.07) is 67.4. The molecular weight excluding hydrogens is 659 g/mol. The normalized spacial score (nSPS) is 13.8. The molecule has 3 heteroatoms. The molecule has 3 aliphatic rings. The standard InChI is InChI=1S/C51H31NO2/c1-3-13-32(14-4-1)34-23-27-44-47(29-34)53-48-30-35(33-15-5-2-6-16-33)24-28-45(48)52(44)36-25-26-39-43(31-36)51(50-49(39)40-19-9-12-22-46(40)54-50)41-20-10-7-17-37(41)38-18-8-11-21-42(38)51/h1-31H. The van der Waals surface area contributed by atoms with Crippen LogP contribution in [-0.2, 0) is 5.41 Å². The first-order valence-corrected chi connectivity index (χ1v) is 18.5. The van der Waals surface area contributed by atoms with Crippen LogP contribution in [0, 0.1) is 0 Å². The monoisotopic (exact) mass is 689 g/mol. The van der Waals surface area contributed by atoms with Crippen LogP contribution in [0.5, 0.6) is 11.5 Å². The molecule has 0 fully saturated rings. The summed E-state index contributed by atoms with van der Waals surface area (Å²) in [5.74, 6) is 2.63. The van der Waals surface area contributed by atoms with Crippen molar-refractivity contribution in [2.75, 3.05) is 4.90 Å². The number of fused-ring (bicyclic) bond motifs is 14. The Morgan fingerprint density at radius 3 is 1.59 bits per heavy atom. The molecule has 0 saturated carbocycles. The van der Waals surface area contributed by atoms with Gasteiger partial charge in [-0.1, -0.05) is 146 Å². The Hall–Kier alpha value is -7.10. The number of rotatable bonds is 3. The summed E-state index contributed by atoms with van der Waals surface area (Å²) >= 11 is 0. The lowest BCUT2D eigenvalue weighted by Gasteiger charge is -2.35. The first kappa shape index (κ1) is 29.5. The van der Waals surface area contributed by atoms with Gasteiger partial charge in [-0.2, -0.15) is 0 Å². The van der Waals surface area contributed by atoms with Crippen LogP contribution in [0.15, 0.2) is 192 Å². The highest BCUT2D eigenvalue weighted by molar-refractivity contribution is 6.05. The van der Waals surface area contributed by atoms with E-state index in [1.54, 1.807) is 0 Å². The summed E-state index contributed by atoms with van der Waals surface area (Å²) in [5.41, 5.74) is 16.5. The number of ether oxygens (including phenoxy) is 1. The molecule has 1 aliphatic heterocycles. The van der Waals surface area contributed by atoms with E-state index in [4.69, 9.17) is 9.15 Å². The Balaban J connectivity index is 1.12. The van der Waals surface area contributed by atoms with Gasteiger partial charge >= 0.3 is 0 Å². The maximum Gasteiger partial charge on any atom is 0.152 e. The van der Waals surface area contributed by atoms with Crippen molar-refractivity contribution >= 4 is 28.0 Å². The fraction of sp³-hybridized carbons (Fsp3) is 0.0196. The van der Waals surface area contributed by atoms with Crippen molar-refractivity contribution in [1.82, 2.24) is 0 Å². The van der Waals surface area contributed by atoms with E-state index in [9.17, 15) is 0 Å². The maximum absolute atomic E-state index is 7.02. The number of benzene rings is 8. The van der Waals surface area contributed by atoms with Crippen molar-refractivity contribution in [3.05, 3.63) is 211 Å². The molecule has 0 amide bonds. The average Bonchev–Trinajstić information content (AvgIpc) is 3.86. The van der Waals surface area contributed by atoms with Crippen molar-refractivity contribution < 1.29 is 9.15 Å². The molecule has 0 radical (unpaired) electrons. The van der Waals surface area contributed by atoms with Gasteiger partial charge in [-0.15, -0.1) is 0 Å². The molecule has 54 heavy (non-hydrogen) atoms. The summed E-state index contributed by atoms with van der Waals surface area (Å²) in [4.78, 5) is 2.37. The number of nitrogens with zero attached hydrogens (tertiary/aromatic N) is 1. The van der Waals surface area contributed by atoms with Crippen LogP contribution >= 0.6 is 0 Å². The second-order valence-electron chi connectivity index (χ2n) is 14.4. The lowest BCUT2D eigenvalue weighted by Crippen LogP contribution is -2.26. The molecule has 252 valence electrons. The number of furan rings is 1. The van der Waals surface area contributed by atoms with Crippen LogP contribution in [0.4, 0.5) is 17.1 Å². The van der Waals surface area contributed by atoms with Gasteiger partial charge in [0, 0.05) is 16.6 Å². The Bertz CT molecular complexity index is 2840. The average molecular weight is 690 g/mol. The summed E-state index contributed by atoms with van der Waals surface area (Å²) in [5, 5.41) is 1.14. The minimum absolute atomic E-state index is 0.612. The molecule has 9 aromatic rings. The summed E-state index contributed by atoms with van der Waals surface area (Å²) in [6.45, 7) is 0. The maximum atomic E-state index is 7.02. The Morgan fingerprint density at radius 1 is 0.407 bits per heavy atom. The molecular formula is C51H31NO2. The van der Waals surface area contributed by atoms with Crippen molar-refractivity contribution in [3.8, 4) is 56.0 Å². The van der Waals surface area contributed by atoms with E-state index in [0.717, 1.165) is 67.5 Å². The highest BCUT2D eigenvalue weighted by atomic mass is 16.5. The Kier molecular flexibility index (Phi) is 5.98. The van der Waals surface area contributed by atoms with Crippen molar-refractivity contribution in [1.29, 1.82) is 0 Å². The molecule has 0 bridgehead atoms. The van der Waals surface area contributed by atoms with E-state index < -0.39 is 5.41 Å². The predicted octanol–water partition coefficient (Wildman–Crippen LogP) is 13.7. The second kappa shape index (κ2) is 11.0. The van der Waals surface area contributed by atoms with Gasteiger partial charge in [0.25, 0.3) is 0 Å². The largest absolute Gasteiger partial charge is 0.459 e. The molecule has 8 aromatic carbocycles. The lowest BCUT2D eigenvalue weighted by atomic mass is 9.73. The molecule has 0 unspecified atom stereocenters. The van der Waals surface area contributed by atoms with Crippen molar-refractivity contribution in [3.63, 3.8) is 0 Å². The molecule has 0 N–H and O–H groups in total. The van der Waals surface area contributed by atoms with E-state index in [0.29, 0.717) is 0 Å². The zero-order valence-electron chi connectivity index (χ0n) is 29.2. The third kappa shape index (κ3) is 3.90. The molecule has 3 nitrogen and oxygen atoms in total. The second-order valence-corrected chi connectivity index (χ2v) is 14.4. The van der Waals surface area contributed by atoms with Crippen LogP contribution in [0.1, 0.15) is 22.5 Å². The van der Waals surface area contributed by atoms with Gasteiger partial charge in [-0.05, 0) is 98.1 Å². The number of anilines is 3. The van der Waals surface area contributed by atoms with Crippen molar-refractivity contribution in [2.24, 2.45) is 0 Å². The predicted molar refractivity (Wildman–Crippen MR) is 218 cm³/mol. The summed E-state index contributed by atoms with van der Waals surface area (Å²) in [7, 11) is 0. The zero-order chi connectivity index (χ0) is 35.4. The van der Waals surface area contributed by atoms with Gasteiger partial charge in [-0.3, -0.25) is 0 Å². The third-order valence-corrected chi connectivity index (χ3v) is 11.7. The topological polar surface area (TPSA) is 25.6 Å². The molecule has 0 saturated heterocycles. The zero-order valence-corrected chi connectivity index (χ0v) is 29.2. The highest BCUT2D eigenvalue weighted by Crippen LogP contribution is 2.65. The van der Waals surface area contributed by atoms with Crippen LogP contribution < -0.4 is 9.64 Å². The van der Waals surface area contributed by atoms with Crippen LogP contribution in [0.3, 0.4) is 0 Å². The highest BCUT2D eigenvalue weighted by Gasteiger charge is 2.55. The van der Waals surface area contributed by atoms with Crippen LogP contribution in [0.2, 0.25) is 0 Å². The number of hydrogen-bond acceptors (Lipinski definition) is 3. The van der Waals surface area contributed by atoms with E-state index >= 15 is 0 Å². The van der Waals surface area contributed by atoms with E-state index in [2.05, 4.69) is 193 Å². The summed E-state index contributed by atoms with van der Waals surface area (Å²) < 4.78 is 13.9. The van der Waals surface area contributed by atoms with Crippen LogP contribution in [-0.4, -0.2) is 0 Å². The minimum atomic E-state index is -0.612. The Labute approximate surface area is 313 Å². The van der Waals surface area contributed by atoms with Gasteiger partial charge in [0.1, 0.15) is 16.8 Å². The van der Waals surface area contributed by atoms with Gasteiger partial charge in [0.15, 0.2) is 11.5 Å². The first-order valence-electron chi connectivity index (χ1n) is 18.5. The molecule has 2 aliphatic carbocycles. The fourth-order valence-electron chi connectivity index (χ4n) is 9.38. The van der Waals surface area contributed by atoms with Gasteiger partial charge in [0.2, 0.25) is 0 Å². The molecule has 12 rings (SSSR count). The third-order valence-electron chi connectivity index (χ3n) is 11.7. The molecule has 0 atom stereocenters. The van der Waals surface area contributed by atoms with Crippen molar-refractivity contribution in [2.45, 2.75) is 5.41 Å². The van der Waals surface area contributed by atoms with Crippen LogP contribution in [0.25, 0.3) is 55.5 Å². The van der Waals surface area contributed by atoms with E-state index in [1.807, 2.05) is 0 Å². The van der Waals surface area contributed by atoms with Gasteiger partial charge in [0.05, 0.1) is 11.4 Å². The fourth-order valence-corrected chi connectivity index (χ4v) is 9.38.